The number of carboxylic acids is 1. The van der Waals surface area contributed by atoms with Gasteiger partial charge in [0.2, 0.25) is 5.91 Å². The van der Waals surface area contributed by atoms with Crippen LogP contribution < -0.4 is 10.6 Å². The van der Waals surface area contributed by atoms with Crippen molar-refractivity contribution in [2.45, 2.75) is 64.5 Å². The molecule has 2 aliphatic rings. The topological polar surface area (TPSA) is 105 Å². The molecule has 0 saturated heterocycles. The maximum Gasteiger partial charge on any atom is 0.407 e. The monoisotopic (exact) mass is 478 g/mol. The summed E-state index contributed by atoms with van der Waals surface area (Å²) in [5.74, 6) is -1.67. The second-order valence-corrected chi connectivity index (χ2v) is 10.7. The predicted octanol–water partition coefficient (Wildman–Crippen LogP) is 4.70. The highest BCUT2D eigenvalue weighted by Crippen LogP contribution is 2.44. The molecule has 0 bridgehead atoms. The van der Waals surface area contributed by atoms with Gasteiger partial charge in [-0.25, -0.2) is 9.59 Å². The highest BCUT2D eigenvalue weighted by molar-refractivity contribution is 5.85. The van der Waals surface area contributed by atoms with Crippen molar-refractivity contribution in [2.75, 3.05) is 6.61 Å². The van der Waals surface area contributed by atoms with Gasteiger partial charge in [0.1, 0.15) is 12.6 Å². The molecule has 3 N–H and O–H groups in total. The first kappa shape index (κ1) is 24.8. The minimum Gasteiger partial charge on any atom is -0.480 e. The fourth-order valence-corrected chi connectivity index (χ4v) is 5.27. The number of carboxylic acid groups (broad SMARTS) is 1. The zero-order chi connectivity index (χ0) is 25.2. The zero-order valence-electron chi connectivity index (χ0n) is 20.5. The Morgan fingerprint density at radius 1 is 1.00 bits per heavy atom. The summed E-state index contributed by atoms with van der Waals surface area (Å²) >= 11 is 0. The van der Waals surface area contributed by atoms with Gasteiger partial charge in [-0.1, -0.05) is 75.7 Å². The number of hydrogen-bond acceptors (Lipinski definition) is 4. The van der Waals surface area contributed by atoms with Crippen molar-refractivity contribution < 1.29 is 24.2 Å². The first-order valence-corrected chi connectivity index (χ1v) is 12.3. The minimum atomic E-state index is -1.05. The maximum atomic E-state index is 12.8. The lowest BCUT2D eigenvalue weighted by Crippen LogP contribution is -2.52. The summed E-state index contributed by atoms with van der Waals surface area (Å²) < 4.78 is 5.65. The first-order chi connectivity index (χ1) is 16.6. The van der Waals surface area contributed by atoms with Crippen LogP contribution in [0.4, 0.5) is 4.79 Å². The molecule has 0 aliphatic heterocycles. The number of fused-ring (bicyclic) bond motifs is 3. The third-order valence-electron chi connectivity index (χ3n) is 7.11. The second kappa shape index (κ2) is 10.1. The number of benzene rings is 2. The van der Waals surface area contributed by atoms with E-state index in [4.69, 9.17) is 4.74 Å². The summed E-state index contributed by atoms with van der Waals surface area (Å²) in [6, 6.07) is 15.2. The molecule has 1 fully saturated rings. The summed E-state index contributed by atoms with van der Waals surface area (Å²) in [6.07, 6.45) is 2.18. The van der Waals surface area contributed by atoms with E-state index in [9.17, 15) is 19.5 Å². The van der Waals surface area contributed by atoms with Crippen LogP contribution in [-0.2, 0) is 14.3 Å². The molecule has 0 spiro atoms. The Hall–Kier alpha value is -3.35. The van der Waals surface area contributed by atoms with Crippen LogP contribution in [0.5, 0.6) is 0 Å². The van der Waals surface area contributed by atoms with Crippen LogP contribution in [0.2, 0.25) is 0 Å². The van der Waals surface area contributed by atoms with Gasteiger partial charge in [0, 0.05) is 17.9 Å². The molecule has 7 heteroatoms. The molecule has 0 radical (unpaired) electrons. The first-order valence-electron chi connectivity index (χ1n) is 12.3. The molecule has 0 aromatic heterocycles. The number of carbonyl (C=O) groups is 3. The van der Waals surface area contributed by atoms with E-state index in [-0.39, 0.29) is 30.4 Å². The minimum absolute atomic E-state index is 0.0108. The van der Waals surface area contributed by atoms with Gasteiger partial charge in [0.15, 0.2) is 0 Å². The smallest absolute Gasteiger partial charge is 0.407 e. The van der Waals surface area contributed by atoms with Crippen molar-refractivity contribution in [1.29, 1.82) is 0 Å². The number of rotatable bonds is 6. The van der Waals surface area contributed by atoms with E-state index >= 15 is 0 Å². The van der Waals surface area contributed by atoms with E-state index in [0.717, 1.165) is 24.0 Å². The maximum absolute atomic E-state index is 12.8. The molecule has 2 aromatic rings. The molecule has 0 unspecified atom stereocenters. The molecular weight excluding hydrogens is 444 g/mol. The van der Waals surface area contributed by atoms with E-state index in [1.807, 2.05) is 24.3 Å². The Kier molecular flexibility index (Phi) is 7.15. The lowest BCUT2D eigenvalue weighted by Gasteiger charge is -2.32. The molecule has 4 rings (SSSR count). The average molecular weight is 479 g/mol. The van der Waals surface area contributed by atoms with Gasteiger partial charge in [-0.15, -0.1) is 0 Å². The number of aliphatic carboxylic acids is 1. The number of nitrogens with one attached hydrogen (secondary N) is 2. The Morgan fingerprint density at radius 3 is 2.17 bits per heavy atom. The lowest BCUT2D eigenvalue weighted by molar-refractivity contribution is -0.145. The molecular formula is C28H34N2O5. The normalized spacial score (nSPS) is 20.3. The number of hydrogen-bond donors (Lipinski definition) is 3. The number of carbonyl (C=O) groups excluding carboxylic acids is 2. The highest BCUT2D eigenvalue weighted by atomic mass is 16.5. The summed E-state index contributed by atoms with van der Waals surface area (Å²) in [7, 11) is 0. The summed E-state index contributed by atoms with van der Waals surface area (Å²) in [6.45, 7) is 5.60. The Balaban J connectivity index is 1.33. The summed E-state index contributed by atoms with van der Waals surface area (Å²) in [5.41, 5.74) is 4.06. The van der Waals surface area contributed by atoms with Gasteiger partial charge >= 0.3 is 12.1 Å². The molecule has 3 atom stereocenters. The highest BCUT2D eigenvalue weighted by Gasteiger charge is 2.36. The van der Waals surface area contributed by atoms with Crippen LogP contribution in [0.15, 0.2) is 48.5 Å². The van der Waals surface area contributed by atoms with Gasteiger partial charge < -0.3 is 20.5 Å². The van der Waals surface area contributed by atoms with Gasteiger partial charge in [-0.05, 0) is 46.9 Å². The molecule has 7 nitrogen and oxygen atoms in total. The molecule has 2 aliphatic carbocycles. The quantitative estimate of drug-likeness (QED) is 0.558. The van der Waals surface area contributed by atoms with E-state index in [1.165, 1.54) is 11.1 Å². The van der Waals surface area contributed by atoms with E-state index in [0.29, 0.717) is 12.8 Å². The SMILES string of the molecule is CC(C)(C)[C@H](NC(=O)[C@@H]1CCC[C@@H](NC(=O)OCC2c3ccccc3-c3ccccc32)C1)C(=O)O. The molecule has 0 heterocycles. The average Bonchev–Trinajstić information content (AvgIpc) is 3.14. The molecule has 1 saturated carbocycles. The van der Waals surface area contributed by atoms with E-state index < -0.39 is 23.5 Å². The van der Waals surface area contributed by atoms with Crippen LogP contribution in [0.3, 0.4) is 0 Å². The van der Waals surface area contributed by atoms with Crippen LogP contribution in [0.25, 0.3) is 11.1 Å². The van der Waals surface area contributed by atoms with Crippen molar-refractivity contribution in [3.63, 3.8) is 0 Å². The van der Waals surface area contributed by atoms with Gasteiger partial charge in [0.05, 0.1) is 0 Å². The van der Waals surface area contributed by atoms with Crippen LogP contribution >= 0.6 is 0 Å². The van der Waals surface area contributed by atoms with E-state index in [2.05, 4.69) is 34.9 Å². The van der Waals surface area contributed by atoms with Crippen molar-refractivity contribution >= 4 is 18.0 Å². The second-order valence-electron chi connectivity index (χ2n) is 10.7. The summed E-state index contributed by atoms with van der Waals surface area (Å²) in [4.78, 5) is 37.1. The number of alkyl carbamates (subject to hydrolysis) is 1. The van der Waals surface area contributed by atoms with Crippen LogP contribution in [-0.4, -0.2) is 41.8 Å². The largest absolute Gasteiger partial charge is 0.480 e. The van der Waals surface area contributed by atoms with Crippen molar-refractivity contribution in [1.82, 2.24) is 10.6 Å². The zero-order valence-corrected chi connectivity index (χ0v) is 20.5. The number of amides is 2. The standard InChI is InChI=1S/C28H34N2O5/c1-28(2,3)24(26(32)33)30-25(31)17-9-8-10-18(15-17)29-27(34)35-16-23-21-13-6-4-11-19(21)20-12-5-7-14-22(20)23/h4-7,11-14,17-18,23-24H,8-10,15-16H2,1-3H3,(H,29,34)(H,30,31)(H,32,33)/t17-,18-,24-/m1/s1. The summed E-state index contributed by atoms with van der Waals surface area (Å²) in [5, 5.41) is 15.1. The van der Waals surface area contributed by atoms with Crippen LogP contribution in [0, 0.1) is 11.3 Å². The molecule has 186 valence electrons. The van der Waals surface area contributed by atoms with Crippen molar-refractivity contribution in [2.24, 2.45) is 11.3 Å². The van der Waals surface area contributed by atoms with Gasteiger partial charge in [0.25, 0.3) is 0 Å². The Morgan fingerprint density at radius 2 is 1.60 bits per heavy atom. The van der Waals surface area contributed by atoms with Gasteiger partial charge in [-0.2, -0.15) is 0 Å². The third kappa shape index (κ3) is 5.50. The van der Waals surface area contributed by atoms with Gasteiger partial charge in [-0.3, -0.25) is 4.79 Å². The Bertz CT molecular complexity index is 1060. The third-order valence-corrected chi connectivity index (χ3v) is 7.11. The molecule has 2 amide bonds. The molecule has 2 aromatic carbocycles. The fourth-order valence-electron chi connectivity index (χ4n) is 5.27. The van der Waals surface area contributed by atoms with Crippen LogP contribution in [0.1, 0.15) is 63.5 Å². The lowest BCUT2D eigenvalue weighted by atomic mass is 9.83. The van der Waals surface area contributed by atoms with Crippen molar-refractivity contribution in [3.8, 4) is 11.1 Å². The van der Waals surface area contributed by atoms with E-state index in [1.54, 1.807) is 20.8 Å². The number of ether oxygens (including phenoxy) is 1. The predicted molar refractivity (Wildman–Crippen MR) is 133 cm³/mol. The van der Waals surface area contributed by atoms with Crippen molar-refractivity contribution in [3.05, 3.63) is 59.7 Å². The fraction of sp³-hybridized carbons (Fsp3) is 0.464. The Labute approximate surface area is 206 Å². The molecule has 35 heavy (non-hydrogen) atoms.